The lowest BCUT2D eigenvalue weighted by Crippen LogP contribution is -2.17. The number of hydrogen-bond donors (Lipinski definition) is 1. The molecule has 0 atom stereocenters. The van der Waals surface area contributed by atoms with E-state index in [4.69, 9.17) is 5.11 Å². The van der Waals surface area contributed by atoms with Gasteiger partial charge in [-0.25, -0.2) is 0 Å². The SMILES string of the molecule is O=C(O)CCCCOCC(F)(F)F. The van der Waals surface area contributed by atoms with E-state index >= 15 is 0 Å². The van der Waals surface area contributed by atoms with E-state index in [0.717, 1.165) is 0 Å². The van der Waals surface area contributed by atoms with Gasteiger partial charge in [0.05, 0.1) is 0 Å². The summed E-state index contributed by atoms with van der Waals surface area (Å²) in [6.45, 7) is -1.31. The van der Waals surface area contributed by atoms with E-state index in [2.05, 4.69) is 4.74 Å². The average Bonchev–Trinajstić information content (AvgIpc) is 1.93. The third-order valence-corrected chi connectivity index (χ3v) is 1.20. The summed E-state index contributed by atoms with van der Waals surface area (Å²) in [6, 6.07) is 0. The summed E-state index contributed by atoms with van der Waals surface area (Å²) in [5, 5.41) is 8.18. The number of aliphatic carboxylic acids is 1. The number of alkyl halides is 3. The fourth-order valence-corrected chi connectivity index (χ4v) is 0.668. The minimum atomic E-state index is -4.30. The van der Waals surface area contributed by atoms with Crippen LogP contribution >= 0.6 is 0 Å². The van der Waals surface area contributed by atoms with Gasteiger partial charge in [-0.05, 0) is 12.8 Å². The van der Waals surface area contributed by atoms with Gasteiger partial charge < -0.3 is 9.84 Å². The molecule has 0 spiro atoms. The lowest BCUT2D eigenvalue weighted by Gasteiger charge is -2.06. The second-order valence-corrected chi connectivity index (χ2v) is 2.52. The molecular weight excluding hydrogens is 189 g/mol. The van der Waals surface area contributed by atoms with Crippen LogP contribution in [-0.2, 0) is 9.53 Å². The standard InChI is InChI=1S/C7H11F3O3/c8-7(9,10)5-13-4-2-1-3-6(11)12/h1-5H2,(H,11,12). The number of carboxylic acids is 1. The molecule has 6 heteroatoms. The van der Waals surface area contributed by atoms with Gasteiger partial charge in [-0.1, -0.05) is 0 Å². The molecule has 0 aliphatic heterocycles. The zero-order valence-electron chi connectivity index (χ0n) is 6.93. The van der Waals surface area contributed by atoms with Crippen LogP contribution in [0.15, 0.2) is 0 Å². The van der Waals surface area contributed by atoms with E-state index in [0.29, 0.717) is 12.8 Å². The first kappa shape index (κ1) is 12.2. The molecule has 78 valence electrons. The topological polar surface area (TPSA) is 46.5 Å². The number of carboxylic acid groups (broad SMARTS) is 1. The second kappa shape index (κ2) is 5.80. The zero-order valence-corrected chi connectivity index (χ0v) is 6.93. The Balaban J connectivity index is 3.13. The Morgan fingerprint density at radius 3 is 2.38 bits per heavy atom. The minimum absolute atomic E-state index is 0.0324. The molecule has 0 aliphatic rings. The predicted octanol–water partition coefficient (Wildman–Crippen LogP) is 1.82. The summed E-state index contributed by atoms with van der Waals surface area (Å²) >= 11 is 0. The second-order valence-electron chi connectivity index (χ2n) is 2.52. The first-order valence-electron chi connectivity index (χ1n) is 3.78. The summed E-state index contributed by atoms with van der Waals surface area (Å²) < 4.78 is 38.7. The molecule has 0 aromatic carbocycles. The Labute approximate surface area is 73.5 Å². The van der Waals surface area contributed by atoms with Crippen LogP contribution in [0.5, 0.6) is 0 Å². The summed E-state index contributed by atoms with van der Waals surface area (Å²) in [4.78, 5) is 9.97. The normalized spacial score (nSPS) is 11.6. The predicted molar refractivity (Wildman–Crippen MR) is 38.4 cm³/mol. The van der Waals surface area contributed by atoms with Gasteiger partial charge in [-0.2, -0.15) is 13.2 Å². The summed E-state index contributed by atoms with van der Waals surface area (Å²) in [5.74, 6) is -0.948. The van der Waals surface area contributed by atoms with Crippen LogP contribution in [0.25, 0.3) is 0 Å². The van der Waals surface area contributed by atoms with E-state index in [9.17, 15) is 18.0 Å². The molecule has 0 aromatic rings. The van der Waals surface area contributed by atoms with Gasteiger partial charge in [0.15, 0.2) is 0 Å². The molecule has 0 heterocycles. The minimum Gasteiger partial charge on any atom is -0.481 e. The maximum atomic E-state index is 11.5. The molecule has 0 bridgehead atoms. The number of carbonyl (C=O) groups is 1. The van der Waals surface area contributed by atoms with E-state index in [-0.39, 0.29) is 13.0 Å². The van der Waals surface area contributed by atoms with Crippen LogP contribution in [0.1, 0.15) is 19.3 Å². The molecule has 0 fully saturated rings. The number of hydrogen-bond acceptors (Lipinski definition) is 2. The van der Waals surface area contributed by atoms with Crippen LogP contribution in [0.4, 0.5) is 13.2 Å². The van der Waals surface area contributed by atoms with E-state index in [1.54, 1.807) is 0 Å². The molecule has 3 nitrogen and oxygen atoms in total. The maximum absolute atomic E-state index is 11.5. The van der Waals surface area contributed by atoms with Crippen molar-refractivity contribution in [2.24, 2.45) is 0 Å². The maximum Gasteiger partial charge on any atom is 0.411 e. The van der Waals surface area contributed by atoms with Crippen LogP contribution in [0.3, 0.4) is 0 Å². The van der Waals surface area contributed by atoms with Gasteiger partial charge in [-0.15, -0.1) is 0 Å². The zero-order chi connectivity index (χ0) is 10.3. The van der Waals surface area contributed by atoms with Gasteiger partial charge in [0.2, 0.25) is 0 Å². The van der Waals surface area contributed by atoms with E-state index < -0.39 is 18.8 Å². The molecule has 13 heavy (non-hydrogen) atoms. The van der Waals surface area contributed by atoms with Crippen molar-refractivity contribution in [2.75, 3.05) is 13.2 Å². The van der Waals surface area contributed by atoms with Gasteiger partial charge in [0.1, 0.15) is 6.61 Å². The first-order valence-corrected chi connectivity index (χ1v) is 3.78. The van der Waals surface area contributed by atoms with Crippen molar-refractivity contribution in [1.82, 2.24) is 0 Å². The van der Waals surface area contributed by atoms with Gasteiger partial charge in [-0.3, -0.25) is 4.79 Å². The molecule has 0 aliphatic carbocycles. The van der Waals surface area contributed by atoms with Crippen molar-refractivity contribution in [1.29, 1.82) is 0 Å². The Kier molecular flexibility index (Phi) is 5.45. The molecular formula is C7H11F3O3. The Morgan fingerprint density at radius 2 is 1.92 bits per heavy atom. The number of halogens is 3. The molecule has 0 saturated carbocycles. The quantitative estimate of drug-likeness (QED) is 0.665. The molecule has 1 N–H and O–H groups in total. The molecule has 0 unspecified atom stereocenters. The van der Waals surface area contributed by atoms with E-state index in [1.807, 2.05) is 0 Å². The lowest BCUT2D eigenvalue weighted by molar-refractivity contribution is -0.174. The smallest absolute Gasteiger partial charge is 0.411 e. The molecule has 0 radical (unpaired) electrons. The molecule has 0 amide bonds. The number of rotatable bonds is 6. The Morgan fingerprint density at radius 1 is 1.31 bits per heavy atom. The van der Waals surface area contributed by atoms with Crippen molar-refractivity contribution in [2.45, 2.75) is 25.4 Å². The molecule has 0 saturated heterocycles. The third kappa shape index (κ3) is 11.2. The highest BCUT2D eigenvalue weighted by Crippen LogP contribution is 2.14. The third-order valence-electron chi connectivity index (χ3n) is 1.20. The van der Waals surface area contributed by atoms with Crippen LogP contribution < -0.4 is 0 Å². The lowest BCUT2D eigenvalue weighted by atomic mass is 10.2. The molecule has 0 rings (SSSR count). The van der Waals surface area contributed by atoms with Crippen molar-refractivity contribution in [3.05, 3.63) is 0 Å². The van der Waals surface area contributed by atoms with Crippen molar-refractivity contribution < 1.29 is 27.8 Å². The van der Waals surface area contributed by atoms with E-state index in [1.165, 1.54) is 0 Å². The van der Waals surface area contributed by atoms with Crippen LogP contribution in [0, 0.1) is 0 Å². The van der Waals surface area contributed by atoms with Crippen molar-refractivity contribution in [3.63, 3.8) is 0 Å². The van der Waals surface area contributed by atoms with Gasteiger partial charge in [0.25, 0.3) is 0 Å². The molecule has 0 aromatic heterocycles. The largest absolute Gasteiger partial charge is 0.481 e. The first-order chi connectivity index (χ1) is 5.92. The van der Waals surface area contributed by atoms with Crippen molar-refractivity contribution >= 4 is 5.97 Å². The van der Waals surface area contributed by atoms with Gasteiger partial charge in [0, 0.05) is 13.0 Å². The van der Waals surface area contributed by atoms with Crippen LogP contribution in [0.2, 0.25) is 0 Å². The van der Waals surface area contributed by atoms with Crippen molar-refractivity contribution in [3.8, 4) is 0 Å². The van der Waals surface area contributed by atoms with Crippen LogP contribution in [-0.4, -0.2) is 30.5 Å². The number of unbranched alkanes of at least 4 members (excludes halogenated alkanes) is 1. The summed E-state index contributed by atoms with van der Waals surface area (Å²) in [5.41, 5.74) is 0. The fraction of sp³-hybridized carbons (Fsp3) is 0.857. The van der Waals surface area contributed by atoms with Gasteiger partial charge >= 0.3 is 12.1 Å². The monoisotopic (exact) mass is 200 g/mol. The summed E-state index contributed by atoms with van der Waals surface area (Å²) in [6.07, 6.45) is -3.66. The Hall–Kier alpha value is -0.780. The highest BCUT2D eigenvalue weighted by molar-refractivity contribution is 5.66. The highest BCUT2D eigenvalue weighted by atomic mass is 19.4. The highest BCUT2D eigenvalue weighted by Gasteiger charge is 2.27. The fourth-order valence-electron chi connectivity index (χ4n) is 0.668. The average molecular weight is 200 g/mol. The number of ether oxygens (including phenoxy) is 1. The Bertz CT molecular complexity index is 156. The summed E-state index contributed by atoms with van der Waals surface area (Å²) in [7, 11) is 0.